The monoisotopic (exact) mass is 382 g/mol. The Morgan fingerprint density at radius 3 is 2.64 bits per heavy atom. The third-order valence-electron chi connectivity index (χ3n) is 4.66. The van der Waals surface area contributed by atoms with Crippen LogP contribution in [0.3, 0.4) is 0 Å². The van der Waals surface area contributed by atoms with Gasteiger partial charge < -0.3 is 20.3 Å². The summed E-state index contributed by atoms with van der Waals surface area (Å²) in [7, 11) is 0. The average molecular weight is 382 g/mol. The van der Waals surface area contributed by atoms with Crippen molar-refractivity contribution in [1.82, 2.24) is 19.5 Å². The number of hydrogen-bond acceptors (Lipinski definition) is 7. The number of aromatic nitrogens is 4. The summed E-state index contributed by atoms with van der Waals surface area (Å²) >= 11 is 0. The quantitative estimate of drug-likeness (QED) is 0.602. The molecule has 28 heavy (non-hydrogen) atoms. The first kappa shape index (κ1) is 19.8. The summed E-state index contributed by atoms with van der Waals surface area (Å²) in [6.45, 7) is 8.47. The highest BCUT2D eigenvalue weighted by molar-refractivity contribution is 5.93. The van der Waals surface area contributed by atoms with E-state index in [1.54, 1.807) is 29.4 Å². The smallest absolute Gasteiger partial charge is 0.262 e. The van der Waals surface area contributed by atoms with Crippen LogP contribution < -0.4 is 16.2 Å². The van der Waals surface area contributed by atoms with Gasteiger partial charge in [0.05, 0.1) is 24.2 Å². The molecule has 0 radical (unpaired) electrons. The predicted octanol–water partition coefficient (Wildman–Crippen LogP) is 2.77. The minimum atomic E-state index is -0.273. The molecule has 0 saturated carbocycles. The van der Waals surface area contributed by atoms with Crippen LogP contribution in [-0.2, 0) is 6.54 Å². The first-order chi connectivity index (χ1) is 13.3. The highest BCUT2D eigenvalue weighted by Crippen LogP contribution is 2.28. The molecular formula is C20H26N6O2. The third kappa shape index (κ3) is 4.12. The SMILES string of the molecule is CCn1ccc2cc(Nc3cnccn3)nc(N[C@H](CO)C(C)(C)C)c2c1=O. The number of hydrogen-bond donors (Lipinski definition) is 3. The summed E-state index contributed by atoms with van der Waals surface area (Å²) in [6, 6.07) is 3.42. The Balaban J connectivity index is 2.14. The number of nitrogens with one attached hydrogen (secondary N) is 2. The highest BCUT2D eigenvalue weighted by Gasteiger charge is 2.25. The van der Waals surface area contributed by atoms with Crippen LogP contribution >= 0.6 is 0 Å². The van der Waals surface area contributed by atoms with Crippen molar-refractivity contribution in [3.8, 4) is 0 Å². The van der Waals surface area contributed by atoms with Crippen LogP contribution in [0.15, 0.2) is 41.7 Å². The van der Waals surface area contributed by atoms with Crippen molar-refractivity contribution in [3.63, 3.8) is 0 Å². The van der Waals surface area contributed by atoms with Gasteiger partial charge in [0.25, 0.3) is 5.56 Å². The van der Waals surface area contributed by atoms with Crippen LogP contribution in [0.2, 0.25) is 0 Å². The number of fused-ring (bicyclic) bond motifs is 1. The molecule has 148 valence electrons. The molecule has 0 amide bonds. The van der Waals surface area contributed by atoms with E-state index >= 15 is 0 Å². The molecule has 0 saturated heterocycles. The maximum Gasteiger partial charge on any atom is 0.262 e. The summed E-state index contributed by atoms with van der Waals surface area (Å²) in [5.41, 5.74) is -0.345. The normalized spacial score (nSPS) is 12.8. The van der Waals surface area contributed by atoms with Gasteiger partial charge in [-0.1, -0.05) is 20.8 Å². The van der Waals surface area contributed by atoms with Gasteiger partial charge in [0.1, 0.15) is 17.5 Å². The highest BCUT2D eigenvalue weighted by atomic mass is 16.3. The molecule has 0 fully saturated rings. The minimum absolute atomic E-state index is 0.0801. The van der Waals surface area contributed by atoms with Gasteiger partial charge in [0.2, 0.25) is 0 Å². The largest absolute Gasteiger partial charge is 0.394 e. The molecular weight excluding hydrogens is 356 g/mol. The average Bonchev–Trinajstić information content (AvgIpc) is 2.66. The lowest BCUT2D eigenvalue weighted by Crippen LogP contribution is -2.38. The van der Waals surface area contributed by atoms with Gasteiger partial charge >= 0.3 is 0 Å². The van der Waals surface area contributed by atoms with Crippen molar-refractivity contribution in [1.29, 1.82) is 0 Å². The number of anilines is 3. The molecule has 3 aromatic rings. The molecule has 0 aliphatic rings. The summed E-state index contributed by atoms with van der Waals surface area (Å²) in [5.74, 6) is 1.53. The van der Waals surface area contributed by atoms with E-state index in [1.165, 1.54) is 0 Å². The number of nitrogens with zero attached hydrogens (tertiary/aromatic N) is 4. The molecule has 3 rings (SSSR count). The molecule has 0 bridgehead atoms. The molecule has 3 heterocycles. The second-order valence-corrected chi connectivity index (χ2v) is 7.69. The molecule has 0 spiro atoms. The van der Waals surface area contributed by atoms with Gasteiger partial charge in [-0.15, -0.1) is 0 Å². The Morgan fingerprint density at radius 1 is 1.25 bits per heavy atom. The number of aliphatic hydroxyl groups is 1. The van der Waals surface area contributed by atoms with E-state index in [0.29, 0.717) is 29.4 Å². The lowest BCUT2D eigenvalue weighted by Gasteiger charge is -2.30. The molecule has 1 atom stereocenters. The molecule has 8 heteroatoms. The lowest BCUT2D eigenvalue weighted by molar-refractivity contribution is 0.202. The Morgan fingerprint density at radius 2 is 2.04 bits per heavy atom. The van der Waals surface area contributed by atoms with Gasteiger partial charge in [-0.2, -0.15) is 0 Å². The van der Waals surface area contributed by atoms with Gasteiger partial charge in [-0.05, 0) is 29.9 Å². The second-order valence-electron chi connectivity index (χ2n) is 7.69. The second kappa shape index (κ2) is 7.93. The van der Waals surface area contributed by atoms with E-state index < -0.39 is 0 Å². The summed E-state index contributed by atoms with van der Waals surface area (Å²) in [4.78, 5) is 25.8. The van der Waals surface area contributed by atoms with Gasteiger partial charge in [-0.25, -0.2) is 9.97 Å². The predicted molar refractivity (Wildman–Crippen MR) is 111 cm³/mol. The topological polar surface area (TPSA) is 105 Å². The number of aliphatic hydroxyl groups excluding tert-OH is 1. The first-order valence-corrected chi connectivity index (χ1v) is 9.28. The third-order valence-corrected chi connectivity index (χ3v) is 4.66. The summed E-state index contributed by atoms with van der Waals surface area (Å²) < 4.78 is 1.63. The maximum atomic E-state index is 12.9. The van der Waals surface area contributed by atoms with Crippen molar-refractivity contribution >= 4 is 28.2 Å². The van der Waals surface area contributed by atoms with Crippen molar-refractivity contribution < 1.29 is 5.11 Å². The fourth-order valence-corrected chi connectivity index (χ4v) is 2.92. The van der Waals surface area contributed by atoms with E-state index in [0.717, 1.165) is 5.39 Å². The Hall–Kier alpha value is -3.00. The van der Waals surface area contributed by atoms with E-state index in [1.807, 2.05) is 39.8 Å². The van der Waals surface area contributed by atoms with Gasteiger partial charge in [0, 0.05) is 25.1 Å². The Labute approximate surface area is 163 Å². The van der Waals surface area contributed by atoms with Crippen molar-refractivity contribution in [2.24, 2.45) is 5.41 Å². The van der Waals surface area contributed by atoms with Gasteiger partial charge in [-0.3, -0.25) is 9.78 Å². The van der Waals surface area contributed by atoms with Crippen LogP contribution in [0, 0.1) is 5.41 Å². The fourth-order valence-electron chi connectivity index (χ4n) is 2.92. The van der Waals surface area contributed by atoms with E-state index in [-0.39, 0.29) is 23.6 Å². The Kier molecular flexibility index (Phi) is 5.60. The van der Waals surface area contributed by atoms with Crippen LogP contribution in [-0.4, -0.2) is 37.3 Å². The zero-order valence-corrected chi connectivity index (χ0v) is 16.6. The zero-order chi connectivity index (χ0) is 20.3. The van der Waals surface area contributed by atoms with E-state index in [2.05, 4.69) is 25.6 Å². The standard InChI is InChI=1S/C20H26N6O2/c1-5-26-9-6-13-10-15(24-16-11-21-7-8-22-16)25-18(17(13)19(26)28)23-14(12-27)20(2,3)4/h6-11,14,27H,5,12H2,1-4H3,(H2,22,23,24,25)/t14-/m1/s1. The lowest BCUT2D eigenvalue weighted by atomic mass is 9.87. The van der Waals surface area contributed by atoms with Crippen LogP contribution in [0.4, 0.5) is 17.5 Å². The van der Waals surface area contributed by atoms with Crippen LogP contribution in [0.25, 0.3) is 10.8 Å². The van der Waals surface area contributed by atoms with Crippen molar-refractivity contribution in [3.05, 3.63) is 47.3 Å². The first-order valence-electron chi connectivity index (χ1n) is 9.28. The fraction of sp³-hybridized carbons (Fsp3) is 0.400. The number of pyridine rings is 2. The molecule has 3 N–H and O–H groups in total. The van der Waals surface area contributed by atoms with E-state index in [9.17, 15) is 9.90 Å². The molecule has 8 nitrogen and oxygen atoms in total. The molecule has 0 unspecified atom stereocenters. The molecule has 3 aromatic heterocycles. The maximum absolute atomic E-state index is 12.9. The van der Waals surface area contributed by atoms with Crippen LogP contribution in [0.5, 0.6) is 0 Å². The van der Waals surface area contributed by atoms with Crippen molar-refractivity contribution in [2.45, 2.75) is 40.3 Å². The summed E-state index contributed by atoms with van der Waals surface area (Å²) in [5, 5.41) is 17.5. The molecule has 0 aliphatic carbocycles. The zero-order valence-electron chi connectivity index (χ0n) is 16.6. The Bertz CT molecular complexity index is 1010. The number of aryl methyl sites for hydroxylation is 1. The number of rotatable bonds is 6. The van der Waals surface area contributed by atoms with Crippen molar-refractivity contribution in [2.75, 3.05) is 17.2 Å². The molecule has 0 aromatic carbocycles. The minimum Gasteiger partial charge on any atom is -0.394 e. The van der Waals surface area contributed by atoms with Crippen LogP contribution in [0.1, 0.15) is 27.7 Å². The molecule has 0 aliphatic heterocycles. The summed E-state index contributed by atoms with van der Waals surface area (Å²) in [6.07, 6.45) is 6.55. The van der Waals surface area contributed by atoms with Gasteiger partial charge in [0.15, 0.2) is 0 Å². The van der Waals surface area contributed by atoms with E-state index in [4.69, 9.17) is 0 Å².